The molecule has 5 heteroatoms. The smallest absolute Gasteiger partial charge is 0.0917 e. The first kappa shape index (κ1) is 17.2. The number of benzene rings is 2. The second-order valence-corrected chi connectivity index (χ2v) is 7.05. The summed E-state index contributed by atoms with van der Waals surface area (Å²) in [6.07, 6.45) is 6.36. The summed E-state index contributed by atoms with van der Waals surface area (Å²) in [7, 11) is 0. The SMILES string of the molecule is Cc1cc(Cc2cnn(-c3c(C)ccc(C)c3C)n2)ccc1-n1cccn1. The molecular weight excluding hydrogens is 334 g/mol. The van der Waals surface area contributed by atoms with E-state index < -0.39 is 0 Å². The molecule has 0 aliphatic rings. The van der Waals surface area contributed by atoms with Gasteiger partial charge in [-0.1, -0.05) is 24.3 Å². The zero-order valence-electron chi connectivity index (χ0n) is 16.1. The van der Waals surface area contributed by atoms with Crippen LogP contribution in [0.15, 0.2) is 55.0 Å². The van der Waals surface area contributed by atoms with E-state index in [-0.39, 0.29) is 0 Å². The van der Waals surface area contributed by atoms with Gasteiger partial charge in [0.25, 0.3) is 0 Å². The van der Waals surface area contributed by atoms with E-state index in [0.717, 1.165) is 23.5 Å². The highest BCUT2D eigenvalue weighted by atomic mass is 15.5. The average Bonchev–Trinajstić information content (AvgIpc) is 3.31. The van der Waals surface area contributed by atoms with Gasteiger partial charge in [0.1, 0.15) is 0 Å². The van der Waals surface area contributed by atoms with Crippen molar-refractivity contribution in [3.05, 3.63) is 88.5 Å². The average molecular weight is 357 g/mol. The third-order valence-electron chi connectivity index (χ3n) is 5.04. The topological polar surface area (TPSA) is 48.5 Å². The maximum Gasteiger partial charge on any atom is 0.0917 e. The first-order chi connectivity index (χ1) is 13.0. The molecule has 0 unspecified atom stereocenters. The Labute approximate surface area is 159 Å². The van der Waals surface area contributed by atoms with Gasteiger partial charge in [-0.25, -0.2) is 4.68 Å². The molecule has 2 aromatic carbocycles. The Kier molecular flexibility index (Phi) is 4.36. The summed E-state index contributed by atoms with van der Waals surface area (Å²) in [5.41, 5.74) is 9.18. The number of nitrogens with zero attached hydrogens (tertiary/aromatic N) is 5. The van der Waals surface area contributed by atoms with Crippen LogP contribution in [0, 0.1) is 27.7 Å². The van der Waals surface area contributed by atoms with Crippen molar-refractivity contribution in [2.45, 2.75) is 34.1 Å². The van der Waals surface area contributed by atoms with Gasteiger partial charge < -0.3 is 0 Å². The molecule has 0 aliphatic heterocycles. The Morgan fingerprint density at radius 1 is 0.889 bits per heavy atom. The molecule has 4 aromatic rings. The van der Waals surface area contributed by atoms with Gasteiger partial charge in [0.15, 0.2) is 0 Å². The highest BCUT2D eigenvalue weighted by molar-refractivity contribution is 5.49. The minimum absolute atomic E-state index is 0.754. The van der Waals surface area contributed by atoms with E-state index in [1.807, 2.05) is 23.1 Å². The van der Waals surface area contributed by atoms with Crippen LogP contribution in [0.25, 0.3) is 11.4 Å². The molecule has 0 atom stereocenters. The van der Waals surface area contributed by atoms with E-state index in [9.17, 15) is 0 Å². The summed E-state index contributed by atoms with van der Waals surface area (Å²) in [6.45, 7) is 8.45. The lowest BCUT2D eigenvalue weighted by Gasteiger charge is -2.11. The number of hydrogen-bond donors (Lipinski definition) is 0. The molecule has 0 bridgehead atoms. The van der Waals surface area contributed by atoms with E-state index in [2.05, 4.69) is 68.2 Å². The predicted octanol–water partition coefficient (Wildman–Crippen LogP) is 4.28. The lowest BCUT2D eigenvalue weighted by atomic mass is 10.0. The van der Waals surface area contributed by atoms with Crippen LogP contribution in [-0.2, 0) is 6.42 Å². The van der Waals surface area contributed by atoms with Crippen molar-refractivity contribution in [1.82, 2.24) is 24.8 Å². The van der Waals surface area contributed by atoms with E-state index >= 15 is 0 Å². The van der Waals surface area contributed by atoms with Crippen molar-refractivity contribution in [2.75, 3.05) is 0 Å². The summed E-state index contributed by atoms with van der Waals surface area (Å²) in [4.78, 5) is 1.76. The predicted molar refractivity (Wildman–Crippen MR) is 107 cm³/mol. The molecule has 136 valence electrons. The van der Waals surface area contributed by atoms with Crippen LogP contribution < -0.4 is 0 Å². The highest BCUT2D eigenvalue weighted by Gasteiger charge is 2.11. The molecule has 0 saturated heterocycles. The van der Waals surface area contributed by atoms with Gasteiger partial charge in [-0.2, -0.15) is 20.1 Å². The van der Waals surface area contributed by atoms with Gasteiger partial charge >= 0.3 is 0 Å². The Morgan fingerprint density at radius 2 is 1.70 bits per heavy atom. The Bertz CT molecular complexity index is 1090. The van der Waals surface area contributed by atoms with Gasteiger partial charge in [0, 0.05) is 18.8 Å². The van der Waals surface area contributed by atoms with E-state index in [1.54, 1.807) is 11.0 Å². The van der Waals surface area contributed by atoms with Gasteiger partial charge in [0.05, 0.1) is 23.3 Å². The zero-order valence-corrected chi connectivity index (χ0v) is 16.1. The number of rotatable bonds is 4. The maximum absolute atomic E-state index is 4.73. The van der Waals surface area contributed by atoms with Crippen molar-refractivity contribution < 1.29 is 0 Å². The van der Waals surface area contributed by atoms with Crippen molar-refractivity contribution in [3.8, 4) is 11.4 Å². The molecule has 0 spiro atoms. The second-order valence-electron chi connectivity index (χ2n) is 7.05. The third-order valence-corrected chi connectivity index (χ3v) is 5.04. The van der Waals surface area contributed by atoms with E-state index in [4.69, 9.17) is 5.10 Å². The van der Waals surface area contributed by atoms with Crippen LogP contribution in [0.2, 0.25) is 0 Å². The van der Waals surface area contributed by atoms with Crippen LogP contribution in [0.3, 0.4) is 0 Å². The summed E-state index contributed by atoms with van der Waals surface area (Å²) in [5.74, 6) is 0. The summed E-state index contributed by atoms with van der Waals surface area (Å²) in [5, 5.41) is 13.6. The third kappa shape index (κ3) is 3.28. The highest BCUT2D eigenvalue weighted by Crippen LogP contribution is 2.21. The molecule has 0 amide bonds. The first-order valence-corrected chi connectivity index (χ1v) is 9.11. The van der Waals surface area contributed by atoms with Crippen LogP contribution in [0.1, 0.15) is 33.5 Å². The fourth-order valence-corrected chi connectivity index (χ4v) is 3.43. The van der Waals surface area contributed by atoms with Crippen molar-refractivity contribution in [1.29, 1.82) is 0 Å². The lowest BCUT2D eigenvalue weighted by molar-refractivity contribution is 0.731. The van der Waals surface area contributed by atoms with Crippen molar-refractivity contribution in [2.24, 2.45) is 0 Å². The van der Waals surface area contributed by atoms with Gasteiger partial charge in [-0.05, 0) is 67.6 Å². The van der Waals surface area contributed by atoms with Gasteiger partial charge in [-0.15, -0.1) is 0 Å². The van der Waals surface area contributed by atoms with Crippen LogP contribution in [0.4, 0.5) is 0 Å². The Balaban J connectivity index is 1.60. The fourth-order valence-electron chi connectivity index (χ4n) is 3.43. The minimum Gasteiger partial charge on any atom is -0.241 e. The molecule has 0 radical (unpaired) electrons. The van der Waals surface area contributed by atoms with E-state index in [1.165, 1.54) is 27.8 Å². The summed E-state index contributed by atoms with van der Waals surface area (Å²) < 4.78 is 1.89. The van der Waals surface area contributed by atoms with E-state index in [0.29, 0.717) is 0 Å². The normalized spacial score (nSPS) is 11.1. The molecule has 0 aliphatic carbocycles. The fraction of sp³-hybridized carbons (Fsp3) is 0.227. The standard InChI is InChI=1S/C22H23N5/c1-15-6-7-16(2)22(18(15)4)27-24-14-20(25-27)13-19-8-9-21(17(3)12-19)26-11-5-10-23-26/h5-12,14H,13H2,1-4H3. The summed E-state index contributed by atoms with van der Waals surface area (Å²) in [6, 6.07) is 12.6. The molecule has 0 saturated carbocycles. The maximum atomic E-state index is 4.73. The quantitative estimate of drug-likeness (QED) is 0.548. The molecule has 2 heterocycles. The molecule has 0 N–H and O–H groups in total. The van der Waals surface area contributed by atoms with Crippen LogP contribution in [-0.4, -0.2) is 24.8 Å². The number of aromatic nitrogens is 5. The largest absolute Gasteiger partial charge is 0.241 e. The molecule has 27 heavy (non-hydrogen) atoms. The molecule has 2 aromatic heterocycles. The van der Waals surface area contributed by atoms with Crippen LogP contribution >= 0.6 is 0 Å². The number of aryl methyl sites for hydroxylation is 3. The zero-order chi connectivity index (χ0) is 19.0. The summed E-state index contributed by atoms with van der Waals surface area (Å²) >= 11 is 0. The molecular formula is C22H23N5. The number of hydrogen-bond acceptors (Lipinski definition) is 3. The second kappa shape index (κ2) is 6.83. The molecule has 5 nitrogen and oxygen atoms in total. The monoisotopic (exact) mass is 357 g/mol. The minimum atomic E-state index is 0.754. The van der Waals surface area contributed by atoms with Gasteiger partial charge in [0.2, 0.25) is 0 Å². The van der Waals surface area contributed by atoms with Crippen LogP contribution in [0.5, 0.6) is 0 Å². The Hall–Kier alpha value is -3.21. The molecule has 0 fully saturated rings. The van der Waals surface area contributed by atoms with Crippen molar-refractivity contribution in [3.63, 3.8) is 0 Å². The lowest BCUT2D eigenvalue weighted by Crippen LogP contribution is -2.05. The van der Waals surface area contributed by atoms with Crippen molar-refractivity contribution >= 4 is 0 Å². The Morgan fingerprint density at radius 3 is 2.44 bits per heavy atom. The van der Waals surface area contributed by atoms with Gasteiger partial charge in [-0.3, -0.25) is 0 Å². The molecule has 4 rings (SSSR count). The first-order valence-electron chi connectivity index (χ1n) is 9.11.